The molecule has 0 aliphatic carbocycles. The first-order chi connectivity index (χ1) is 14.9. The smallest absolute Gasteiger partial charge is 0.408 e. The summed E-state index contributed by atoms with van der Waals surface area (Å²) in [5.74, 6) is -0.468. The van der Waals surface area contributed by atoms with Crippen LogP contribution in [0.2, 0.25) is 0 Å². The summed E-state index contributed by atoms with van der Waals surface area (Å²) in [4.78, 5) is 39.6. The zero-order valence-corrected chi connectivity index (χ0v) is 17.4. The van der Waals surface area contributed by atoms with Crippen LogP contribution < -0.4 is 10.6 Å². The summed E-state index contributed by atoms with van der Waals surface area (Å²) in [6.45, 7) is 1.87. The molecule has 0 bridgehead atoms. The number of hydrogen-bond acceptors (Lipinski definition) is 7. The van der Waals surface area contributed by atoms with Crippen LogP contribution in [0.4, 0.5) is 15.6 Å². The van der Waals surface area contributed by atoms with Gasteiger partial charge in [-0.2, -0.15) is 0 Å². The van der Waals surface area contributed by atoms with E-state index in [0.717, 1.165) is 11.3 Å². The topological polar surface area (TPSA) is 123 Å². The molecule has 10 heteroatoms. The number of amides is 2. The fourth-order valence-corrected chi connectivity index (χ4v) is 3.40. The van der Waals surface area contributed by atoms with Gasteiger partial charge in [-0.25, -0.2) is 9.78 Å². The third-order valence-corrected chi connectivity index (χ3v) is 5.13. The van der Waals surface area contributed by atoms with Crippen LogP contribution in [0.25, 0.3) is 0 Å². The van der Waals surface area contributed by atoms with E-state index in [2.05, 4.69) is 15.6 Å². The van der Waals surface area contributed by atoms with Gasteiger partial charge in [-0.15, -0.1) is 11.3 Å². The first kappa shape index (κ1) is 21.9. The van der Waals surface area contributed by atoms with Gasteiger partial charge in [0.1, 0.15) is 12.6 Å². The van der Waals surface area contributed by atoms with Gasteiger partial charge in [-0.05, 0) is 18.1 Å². The van der Waals surface area contributed by atoms with Crippen LogP contribution in [0.5, 0.6) is 0 Å². The molecule has 160 valence electrons. The number of hydrogen-bond donors (Lipinski definition) is 2. The van der Waals surface area contributed by atoms with Crippen molar-refractivity contribution in [3.05, 3.63) is 86.9 Å². The van der Waals surface area contributed by atoms with Gasteiger partial charge in [0.2, 0.25) is 5.91 Å². The van der Waals surface area contributed by atoms with Crippen molar-refractivity contribution in [2.24, 2.45) is 0 Å². The monoisotopic (exact) mass is 440 g/mol. The van der Waals surface area contributed by atoms with Gasteiger partial charge < -0.3 is 15.4 Å². The van der Waals surface area contributed by atoms with E-state index in [1.807, 2.05) is 30.3 Å². The van der Waals surface area contributed by atoms with Gasteiger partial charge in [-0.1, -0.05) is 42.5 Å². The highest BCUT2D eigenvalue weighted by Gasteiger charge is 2.23. The normalized spacial score (nSPS) is 11.4. The maximum absolute atomic E-state index is 12.8. The van der Waals surface area contributed by atoms with E-state index in [0.29, 0.717) is 10.7 Å². The van der Waals surface area contributed by atoms with E-state index < -0.39 is 23.0 Å². The van der Waals surface area contributed by atoms with Crippen molar-refractivity contribution in [2.45, 2.75) is 26.0 Å². The number of aromatic nitrogens is 1. The number of thiazole rings is 1. The number of carbonyl (C=O) groups excluding carboxylic acids is 2. The molecule has 9 nitrogen and oxygen atoms in total. The van der Waals surface area contributed by atoms with Gasteiger partial charge in [0.25, 0.3) is 5.69 Å². The Labute approximate surface area is 182 Å². The fourth-order valence-electron chi connectivity index (χ4n) is 2.71. The van der Waals surface area contributed by atoms with Crippen LogP contribution >= 0.6 is 11.3 Å². The molecular weight excluding hydrogens is 420 g/mol. The predicted molar refractivity (Wildman–Crippen MR) is 116 cm³/mol. The lowest BCUT2D eigenvalue weighted by molar-refractivity contribution is -0.384. The molecule has 2 N–H and O–H groups in total. The van der Waals surface area contributed by atoms with Gasteiger partial charge >= 0.3 is 6.09 Å². The van der Waals surface area contributed by atoms with Gasteiger partial charge in [0.05, 0.1) is 10.6 Å². The Morgan fingerprint density at radius 3 is 2.45 bits per heavy atom. The lowest BCUT2D eigenvalue weighted by atomic mass is 10.1. The van der Waals surface area contributed by atoms with Gasteiger partial charge in [0.15, 0.2) is 5.13 Å². The number of aryl methyl sites for hydroxylation is 1. The van der Waals surface area contributed by atoms with Crippen molar-refractivity contribution < 1.29 is 19.2 Å². The van der Waals surface area contributed by atoms with Crippen LogP contribution in [0.1, 0.15) is 16.8 Å². The first-order valence-electron chi connectivity index (χ1n) is 9.34. The molecule has 0 saturated heterocycles. The first-order valence-corrected chi connectivity index (χ1v) is 10.2. The minimum atomic E-state index is -0.964. The summed E-state index contributed by atoms with van der Waals surface area (Å²) in [5.41, 5.74) is 2.16. The minimum absolute atomic E-state index is 0.0572. The Morgan fingerprint density at radius 1 is 1.13 bits per heavy atom. The molecule has 0 spiro atoms. The Balaban J connectivity index is 1.68. The summed E-state index contributed by atoms with van der Waals surface area (Å²) in [5, 5.41) is 18.3. The van der Waals surface area contributed by atoms with Crippen LogP contribution in [0, 0.1) is 17.0 Å². The largest absolute Gasteiger partial charge is 0.445 e. The average molecular weight is 440 g/mol. The maximum Gasteiger partial charge on any atom is 0.408 e. The van der Waals surface area contributed by atoms with Gasteiger partial charge in [0, 0.05) is 23.9 Å². The third kappa shape index (κ3) is 6.61. The van der Waals surface area contributed by atoms with Crippen LogP contribution in [-0.2, 0) is 22.6 Å². The molecule has 0 unspecified atom stereocenters. The molecular formula is C21H20N4O5S. The Morgan fingerprint density at radius 2 is 1.84 bits per heavy atom. The quantitative estimate of drug-likeness (QED) is 0.405. The van der Waals surface area contributed by atoms with E-state index in [1.54, 1.807) is 24.4 Å². The molecule has 0 radical (unpaired) electrons. The van der Waals surface area contributed by atoms with E-state index >= 15 is 0 Å². The highest BCUT2D eigenvalue weighted by Crippen LogP contribution is 2.17. The zero-order valence-electron chi connectivity index (χ0n) is 16.6. The van der Waals surface area contributed by atoms with E-state index in [1.165, 1.54) is 23.5 Å². The maximum atomic E-state index is 12.8. The second-order valence-electron chi connectivity index (χ2n) is 6.67. The summed E-state index contributed by atoms with van der Waals surface area (Å²) in [6, 6.07) is 14.0. The standard InChI is InChI=1S/C21H20N4O5S/c1-14-13-31-20(22-14)24-19(26)18(11-15-7-9-17(10-8-15)25(28)29)23-21(27)30-12-16-5-3-2-4-6-16/h2-10,13,18H,11-12H2,1H3,(H,23,27)(H,22,24,26)/t18-/m1/s1. The Hall–Kier alpha value is -3.79. The summed E-state index contributed by atoms with van der Waals surface area (Å²) in [6.07, 6.45) is -0.629. The number of carbonyl (C=O) groups is 2. The molecule has 31 heavy (non-hydrogen) atoms. The molecule has 2 aromatic carbocycles. The SMILES string of the molecule is Cc1csc(NC(=O)[C@@H](Cc2ccc([N+](=O)[O-])cc2)NC(=O)OCc2ccccc2)n1. The number of nitrogens with zero attached hydrogens (tertiary/aromatic N) is 2. The number of nitro groups is 1. The van der Waals surface area contributed by atoms with Crippen LogP contribution in [0.15, 0.2) is 60.0 Å². The minimum Gasteiger partial charge on any atom is -0.445 e. The molecule has 2 amide bonds. The number of rotatable bonds is 8. The van der Waals surface area contributed by atoms with Crippen LogP contribution in [0.3, 0.4) is 0 Å². The van der Waals surface area contributed by atoms with Crippen molar-refractivity contribution in [3.8, 4) is 0 Å². The number of anilines is 1. The lowest BCUT2D eigenvalue weighted by Gasteiger charge is -2.18. The second kappa shape index (κ2) is 10.3. The van der Waals surface area contributed by atoms with Crippen molar-refractivity contribution >= 4 is 34.2 Å². The van der Waals surface area contributed by atoms with E-state index in [4.69, 9.17) is 4.74 Å². The van der Waals surface area contributed by atoms with Crippen molar-refractivity contribution in [1.29, 1.82) is 0 Å². The van der Waals surface area contributed by atoms with E-state index in [-0.39, 0.29) is 18.7 Å². The highest BCUT2D eigenvalue weighted by molar-refractivity contribution is 7.13. The number of alkyl carbamates (subject to hydrolysis) is 1. The van der Waals surface area contributed by atoms with Crippen LogP contribution in [-0.4, -0.2) is 27.9 Å². The van der Waals surface area contributed by atoms with Crippen molar-refractivity contribution in [2.75, 3.05) is 5.32 Å². The summed E-state index contributed by atoms with van der Waals surface area (Å²) in [7, 11) is 0. The highest BCUT2D eigenvalue weighted by atomic mass is 32.1. The average Bonchev–Trinajstić information content (AvgIpc) is 3.17. The third-order valence-electron chi connectivity index (χ3n) is 4.26. The van der Waals surface area contributed by atoms with Crippen molar-refractivity contribution in [1.82, 2.24) is 10.3 Å². The molecule has 1 heterocycles. The number of nitro benzene ring substituents is 1. The summed E-state index contributed by atoms with van der Waals surface area (Å²) >= 11 is 1.27. The number of ether oxygens (including phenoxy) is 1. The fraction of sp³-hybridized carbons (Fsp3) is 0.190. The van der Waals surface area contributed by atoms with Crippen molar-refractivity contribution in [3.63, 3.8) is 0 Å². The lowest BCUT2D eigenvalue weighted by Crippen LogP contribution is -2.45. The molecule has 1 aromatic heterocycles. The predicted octanol–water partition coefficient (Wildman–Crippen LogP) is 3.84. The number of benzene rings is 2. The molecule has 0 fully saturated rings. The molecule has 3 rings (SSSR count). The van der Waals surface area contributed by atoms with Gasteiger partial charge in [-0.3, -0.25) is 14.9 Å². The Bertz CT molecular complexity index is 1050. The molecule has 0 saturated carbocycles. The summed E-state index contributed by atoms with van der Waals surface area (Å²) < 4.78 is 5.22. The Kier molecular flexibility index (Phi) is 7.28. The zero-order chi connectivity index (χ0) is 22.2. The van der Waals surface area contributed by atoms with E-state index in [9.17, 15) is 19.7 Å². The second-order valence-corrected chi connectivity index (χ2v) is 7.53. The number of non-ortho nitro benzene ring substituents is 1. The molecule has 1 atom stereocenters. The molecule has 0 aliphatic heterocycles. The molecule has 0 aliphatic rings. The number of nitrogens with one attached hydrogen (secondary N) is 2. The molecule has 3 aromatic rings.